The molecule has 1 aliphatic heterocycles. The number of ether oxygens (including phenoxy) is 1. The number of hydrogen-bond donors (Lipinski definition) is 2. The number of hydrogen-bond acceptors (Lipinski definition) is 4. The van der Waals surface area contributed by atoms with Gasteiger partial charge in [-0.05, 0) is 6.92 Å². The topological polar surface area (TPSA) is 78.9 Å². The van der Waals surface area contributed by atoms with E-state index in [1.807, 2.05) is 0 Å². The van der Waals surface area contributed by atoms with Crippen LogP contribution in [0.5, 0.6) is 0 Å². The molecule has 2 N–H and O–H groups in total. The molecule has 1 saturated heterocycles. The van der Waals surface area contributed by atoms with Crippen molar-refractivity contribution in [2.45, 2.75) is 19.4 Å². The van der Waals surface area contributed by atoms with Crippen LogP contribution < -0.4 is 5.32 Å². The molecule has 6 heteroatoms. The van der Waals surface area contributed by atoms with E-state index in [1.165, 1.54) is 4.90 Å². The van der Waals surface area contributed by atoms with Crippen LogP contribution in [0.15, 0.2) is 0 Å². The molecule has 1 amide bonds. The normalized spacial score (nSPS) is 21.1. The van der Waals surface area contributed by atoms with Crippen molar-refractivity contribution in [3.8, 4) is 0 Å². The number of esters is 1. The van der Waals surface area contributed by atoms with Crippen LogP contribution in [0.4, 0.5) is 4.79 Å². The van der Waals surface area contributed by atoms with Gasteiger partial charge in [-0.15, -0.1) is 0 Å². The maximum Gasteiger partial charge on any atom is 0.407 e. The predicted molar refractivity (Wildman–Crippen MR) is 52.6 cm³/mol. The van der Waals surface area contributed by atoms with Gasteiger partial charge in [0.2, 0.25) is 0 Å². The lowest BCUT2D eigenvalue weighted by atomic mass is 10.1. The third kappa shape index (κ3) is 3.39. The summed E-state index contributed by atoms with van der Waals surface area (Å²) in [7, 11) is 0. The fraction of sp³-hybridized carbons (Fsp3) is 0.778. The van der Waals surface area contributed by atoms with E-state index in [0.717, 1.165) is 0 Å². The summed E-state index contributed by atoms with van der Waals surface area (Å²) in [6, 6.07) is -0.310. The zero-order valence-corrected chi connectivity index (χ0v) is 8.73. The quantitative estimate of drug-likeness (QED) is 0.644. The van der Waals surface area contributed by atoms with Gasteiger partial charge in [-0.3, -0.25) is 4.79 Å². The summed E-state index contributed by atoms with van der Waals surface area (Å²) in [5.74, 6) is -0.350. The second kappa shape index (κ2) is 5.55. The second-order valence-corrected chi connectivity index (χ2v) is 3.34. The predicted octanol–water partition coefficient (Wildman–Crippen LogP) is -0.109. The Hall–Kier alpha value is -1.30. The Bertz CT molecular complexity index is 244. The highest BCUT2D eigenvalue weighted by Gasteiger charge is 2.28. The van der Waals surface area contributed by atoms with Gasteiger partial charge in [0, 0.05) is 19.6 Å². The molecule has 0 spiro atoms. The number of nitrogens with one attached hydrogen (secondary N) is 1. The van der Waals surface area contributed by atoms with E-state index in [-0.39, 0.29) is 18.4 Å². The van der Waals surface area contributed by atoms with Gasteiger partial charge in [0.05, 0.1) is 19.1 Å². The zero-order valence-electron chi connectivity index (χ0n) is 8.73. The Morgan fingerprint density at radius 1 is 1.60 bits per heavy atom. The van der Waals surface area contributed by atoms with Crippen molar-refractivity contribution in [1.82, 2.24) is 10.2 Å². The zero-order chi connectivity index (χ0) is 11.3. The lowest BCUT2D eigenvalue weighted by Gasteiger charge is -2.33. The minimum Gasteiger partial charge on any atom is -0.466 e. The first-order valence-electron chi connectivity index (χ1n) is 5.01. The average Bonchev–Trinajstić information content (AvgIpc) is 2.18. The van der Waals surface area contributed by atoms with Gasteiger partial charge < -0.3 is 20.1 Å². The van der Waals surface area contributed by atoms with Gasteiger partial charge >= 0.3 is 12.1 Å². The Kier molecular flexibility index (Phi) is 4.36. The van der Waals surface area contributed by atoms with Crippen molar-refractivity contribution in [3.63, 3.8) is 0 Å². The van der Waals surface area contributed by atoms with Crippen LogP contribution in [0, 0.1) is 0 Å². The summed E-state index contributed by atoms with van der Waals surface area (Å²) in [6.07, 6.45) is -0.863. The van der Waals surface area contributed by atoms with Crippen LogP contribution in [0.1, 0.15) is 13.3 Å². The van der Waals surface area contributed by atoms with Crippen molar-refractivity contribution in [2.24, 2.45) is 0 Å². The van der Waals surface area contributed by atoms with Crippen LogP contribution in [-0.2, 0) is 9.53 Å². The summed E-state index contributed by atoms with van der Waals surface area (Å²) in [5.41, 5.74) is 0. The summed E-state index contributed by atoms with van der Waals surface area (Å²) >= 11 is 0. The highest BCUT2D eigenvalue weighted by molar-refractivity contribution is 5.72. The number of nitrogens with zero attached hydrogens (tertiary/aromatic N) is 1. The SMILES string of the molecule is CCOC(=O)CC1CNCCN1C(=O)O. The number of carboxylic acid groups (broad SMARTS) is 1. The lowest BCUT2D eigenvalue weighted by Crippen LogP contribution is -2.54. The number of carbonyl (C=O) groups is 2. The van der Waals surface area contributed by atoms with Gasteiger partial charge in [-0.1, -0.05) is 0 Å². The minimum atomic E-state index is -0.981. The van der Waals surface area contributed by atoms with Crippen LogP contribution in [0.3, 0.4) is 0 Å². The molecule has 1 heterocycles. The summed E-state index contributed by atoms with van der Waals surface area (Å²) < 4.78 is 4.79. The molecule has 0 aromatic heterocycles. The van der Waals surface area contributed by atoms with Gasteiger partial charge in [-0.25, -0.2) is 4.79 Å². The van der Waals surface area contributed by atoms with Gasteiger partial charge in [0.25, 0.3) is 0 Å². The van der Waals surface area contributed by atoms with Crippen molar-refractivity contribution in [3.05, 3.63) is 0 Å². The Labute approximate surface area is 88.2 Å². The van der Waals surface area contributed by atoms with E-state index >= 15 is 0 Å². The molecule has 0 aromatic rings. The van der Waals surface area contributed by atoms with Crippen molar-refractivity contribution in [2.75, 3.05) is 26.2 Å². The van der Waals surface area contributed by atoms with Crippen molar-refractivity contribution < 1.29 is 19.4 Å². The molecule has 0 radical (unpaired) electrons. The van der Waals surface area contributed by atoms with E-state index in [4.69, 9.17) is 9.84 Å². The maximum atomic E-state index is 11.2. The minimum absolute atomic E-state index is 0.118. The molecule has 1 aliphatic rings. The smallest absolute Gasteiger partial charge is 0.407 e. The fourth-order valence-corrected chi connectivity index (χ4v) is 1.61. The Morgan fingerprint density at radius 3 is 2.93 bits per heavy atom. The van der Waals surface area contributed by atoms with Crippen LogP contribution in [0.2, 0.25) is 0 Å². The second-order valence-electron chi connectivity index (χ2n) is 3.34. The van der Waals surface area contributed by atoms with Crippen LogP contribution >= 0.6 is 0 Å². The molecule has 0 bridgehead atoms. The first-order valence-corrected chi connectivity index (χ1v) is 5.01. The molecule has 0 aliphatic carbocycles. The maximum absolute atomic E-state index is 11.2. The van der Waals surface area contributed by atoms with Crippen LogP contribution in [0.25, 0.3) is 0 Å². The molecule has 1 atom stereocenters. The number of carbonyl (C=O) groups excluding carboxylic acids is 1. The molecule has 86 valence electrons. The third-order valence-corrected chi connectivity index (χ3v) is 2.30. The van der Waals surface area contributed by atoms with Crippen LogP contribution in [-0.4, -0.2) is 54.4 Å². The van der Waals surface area contributed by atoms with E-state index in [1.54, 1.807) is 6.92 Å². The highest BCUT2D eigenvalue weighted by Crippen LogP contribution is 2.08. The molecular weight excluding hydrogens is 200 g/mol. The van der Waals surface area contributed by atoms with Gasteiger partial charge in [0.15, 0.2) is 0 Å². The molecule has 1 rings (SSSR count). The summed E-state index contributed by atoms with van der Waals surface area (Å²) in [5, 5.41) is 12.0. The largest absolute Gasteiger partial charge is 0.466 e. The molecule has 0 saturated carbocycles. The molecule has 1 unspecified atom stereocenters. The monoisotopic (exact) mass is 216 g/mol. The van der Waals surface area contributed by atoms with E-state index in [0.29, 0.717) is 26.2 Å². The molecule has 15 heavy (non-hydrogen) atoms. The first kappa shape index (κ1) is 11.8. The number of amides is 1. The number of piperazine rings is 1. The standard InChI is InChI=1S/C9H16N2O4/c1-2-15-8(12)5-7-6-10-3-4-11(7)9(13)14/h7,10H,2-6H2,1H3,(H,13,14). The lowest BCUT2D eigenvalue weighted by molar-refractivity contribution is -0.144. The Balaban J connectivity index is 2.49. The van der Waals surface area contributed by atoms with E-state index < -0.39 is 6.09 Å². The van der Waals surface area contributed by atoms with Crippen molar-refractivity contribution in [1.29, 1.82) is 0 Å². The highest BCUT2D eigenvalue weighted by atomic mass is 16.5. The average molecular weight is 216 g/mol. The number of rotatable bonds is 3. The summed E-state index contributed by atoms with van der Waals surface area (Å²) in [6.45, 7) is 3.61. The Morgan fingerprint density at radius 2 is 2.33 bits per heavy atom. The molecular formula is C9H16N2O4. The van der Waals surface area contributed by atoms with E-state index in [2.05, 4.69) is 5.32 Å². The first-order chi connectivity index (χ1) is 7.15. The molecule has 6 nitrogen and oxygen atoms in total. The van der Waals surface area contributed by atoms with Gasteiger partial charge in [-0.2, -0.15) is 0 Å². The van der Waals surface area contributed by atoms with Gasteiger partial charge in [0.1, 0.15) is 0 Å². The van der Waals surface area contributed by atoms with E-state index in [9.17, 15) is 9.59 Å². The fourth-order valence-electron chi connectivity index (χ4n) is 1.61. The molecule has 0 aromatic carbocycles. The molecule has 1 fully saturated rings. The van der Waals surface area contributed by atoms with Crippen molar-refractivity contribution >= 4 is 12.1 Å². The summed E-state index contributed by atoms with van der Waals surface area (Å²) in [4.78, 5) is 23.3. The third-order valence-electron chi connectivity index (χ3n) is 2.30.